The van der Waals surface area contributed by atoms with Gasteiger partial charge >= 0.3 is 0 Å². The molecule has 0 aliphatic heterocycles. The van der Waals surface area contributed by atoms with E-state index in [0.717, 1.165) is 0 Å². The van der Waals surface area contributed by atoms with Crippen molar-refractivity contribution in [3.05, 3.63) is 53.6 Å². The topological polar surface area (TPSA) is 95.1 Å². The number of anilines is 3. The van der Waals surface area contributed by atoms with E-state index in [4.69, 9.17) is 17.2 Å². The Balaban J connectivity index is 2.56. The van der Waals surface area contributed by atoms with Crippen LogP contribution in [0.3, 0.4) is 0 Å². The van der Waals surface area contributed by atoms with Gasteiger partial charge in [0, 0.05) is 22.6 Å². The molecule has 0 aliphatic rings. The largest absolute Gasteiger partial charge is 0.398 e. The zero-order chi connectivity index (χ0) is 12.4. The van der Waals surface area contributed by atoms with Crippen molar-refractivity contribution in [2.24, 2.45) is 0 Å². The van der Waals surface area contributed by atoms with Gasteiger partial charge in [-0.25, -0.2) is 0 Å². The van der Waals surface area contributed by atoms with E-state index in [1.54, 1.807) is 42.5 Å². The monoisotopic (exact) mass is 227 g/mol. The van der Waals surface area contributed by atoms with Gasteiger partial charge in [-0.1, -0.05) is 18.2 Å². The zero-order valence-corrected chi connectivity index (χ0v) is 9.18. The predicted octanol–water partition coefficient (Wildman–Crippen LogP) is 1.66. The summed E-state index contributed by atoms with van der Waals surface area (Å²) in [6.45, 7) is 0. The number of benzene rings is 2. The molecule has 4 heteroatoms. The van der Waals surface area contributed by atoms with Crippen molar-refractivity contribution < 1.29 is 4.79 Å². The number of nitrogens with two attached hydrogens (primary N) is 3. The standard InChI is InChI=1S/C13H13N3O/c14-9-5-2-1-4-8(9)13(17)12-10(15)6-3-7-11(12)16/h1-7H,14-16H2. The molecule has 17 heavy (non-hydrogen) atoms. The third-order valence-corrected chi connectivity index (χ3v) is 2.56. The fourth-order valence-corrected chi connectivity index (χ4v) is 1.69. The van der Waals surface area contributed by atoms with Gasteiger partial charge in [0.25, 0.3) is 0 Å². The molecule has 0 bridgehead atoms. The van der Waals surface area contributed by atoms with E-state index in [9.17, 15) is 4.79 Å². The van der Waals surface area contributed by atoms with Gasteiger partial charge in [-0.15, -0.1) is 0 Å². The van der Waals surface area contributed by atoms with Crippen molar-refractivity contribution in [3.63, 3.8) is 0 Å². The average molecular weight is 227 g/mol. The van der Waals surface area contributed by atoms with Crippen molar-refractivity contribution in [1.82, 2.24) is 0 Å². The Morgan fingerprint density at radius 1 is 0.765 bits per heavy atom. The molecule has 0 aromatic heterocycles. The summed E-state index contributed by atoms with van der Waals surface area (Å²) in [5.74, 6) is -0.251. The SMILES string of the molecule is Nc1ccccc1C(=O)c1c(N)cccc1N. The summed E-state index contributed by atoms with van der Waals surface area (Å²) < 4.78 is 0. The van der Waals surface area contributed by atoms with Gasteiger partial charge in [0.1, 0.15) is 0 Å². The molecule has 0 unspecified atom stereocenters. The van der Waals surface area contributed by atoms with Crippen LogP contribution in [0.5, 0.6) is 0 Å². The highest BCUT2D eigenvalue weighted by Crippen LogP contribution is 2.24. The molecular formula is C13H13N3O. The molecular weight excluding hydrogens is 214 g/mol. The van der Waals surface area contributed by atoms with Crippen molar-refractivity contribution in [3.8, 4) is 0 Å². The van der Waals surface area contributed by atoms with Gasteiger partial charge in [-0.3, -0.25) is 4.79 Å². The summed E-state index contributed by atoms with van der Waals surface area (Å²) in [7, 11) is 0. The van der Waals surface area contributed by atoms with Gasteiger partial charge in [0.15, 0.2) is 5.78 Å². The Hall–Kier alpha value is -2.49. The number of hydrogen-bond acceptors (Lipinski definition) is 4. The van der Waals surface area contributed by atoms with Crippen LogP contribution in [0.25, 0.3) is 0 Å². The lowest BCUT2D eigenvalue weighted by molar-refractivity contribution is 0.104. The van der Waals surface area contributed by atoms with Crippen LogP contribution in [0, 0.1) is 0 Å². The summed E-state index contributed by atoms with van der Waals surface area (Å²) in [6, 6.07) is 11.8. The third-order valence-electron chi connectivity index (χ3n) is 2.56. The number of carbonyl (C=O) groups excluding carboxylic acids is 1. The second-order valence-electron chi connectivity index (χ2n) is 3.73. The van der Waals surface area contributed by atoms with E-state index >= 15 is 0 Å². The fraction of sp³-hybridized carbons (Fsp3) is 0. The summed E-state index contributed by atoms with van der Waals surface area (Å²) >= 11 is 0. The van der Waals surface area contributed by atoms with Crippen LogP contribution < -0.4 is 17.2 Å². The van der Waals surface area contributed by atoms with E-state index in [-0.39, 0.29) is 5.78 Å². The van der Waals surface area contributed by atoms with Crippen LogP contribution in [0.2, 0.25) is 0 Å². The van der Waals surface area contributed by atoms with E-state index in [0.29, 0.717) is 28.2 Å². The number of hydrogen-bond donors (Lipinski definition) is 3. The molecule has 0 heterocycles. The third kappa shape index (κ3) is 1.92. The number of para-hydroxylation sites is 1. The molecule has 0 radical (unpaired) electrons. The van der Waals surface area contributed by atoms with E-state index in [2.05, 4.69) is 0 Å². The molecule has 0 atom stereocenters. The summed E-state index contributed by atoms with van der Waals surface area (Å²) in [6.07, 6.45) is 0. The highest BCUT2D eigenvalue weighted by Gasteiger charge is 2.17. The molecule has 2 aromatic carbocycles. The highest BCUT2D eigenvalue weighted by atomic mass is 16.1. The molecule has 6 N–H and O–H groups in total. The minimum atomic E-state index is -0.251. The van der Waals surface area contributed by atoms with Crippen LogP contribution in [-0.2, 0) is 0 Å². The van der Waals surface area contributed by atoms with Gasteiger partial charge < -0.3 is 17.2 Å². The average Bonchev–Trinajstić information content (AvgIpc) is 2.29. The Kier molecular flexibility index (Phi) is 2.70. The maximum absolute atomic E-state index is 12.3. The Morgan fingerprint density at radius 3 is 1.88 bits per heavy atom. The van der Waals surface area contributed by atoms with Gasteiger partial charge in [0.2, 0.25) is 0 Å². The van der Waals surface area contributed by atoms with Crippen LogP contribution in [-0.4, -0.2) is 5.78 Å². The van der Waals surface area contributed by atoms with E-state index in [1.807, 2.05) is 0 Å². The molecule has 0 fully saturated rings. The Labute approximate surface area is 99.0 Å². The van der Waals surface area contributed by atoms with Crippen molar-refractivity contribution >= 4 is 22.8 Å². The maximum atomic E-state index is 12.3. The second kappa shape index (κ2) is 4.17. The first-order valence-electron chi connectivity index (χ1n) is 5.14. The number of ketones is 1. The molecule has 86 valence electrons. The van der Waals surface area contributed by atoms with Crippen LogP contribution in [0.4, 0.5) is 17.1 Å². The van der Waals surface area contributed by atoms with Crippen molar-refractivity contribution in [2.75, 3.05) is 17.2 Å². The Morgan fingerprint density at radius 2 is 1.29 bits per heavy atom. The van der Waals surface area contributed by atoms with Gasteiger partial charge in [-0.05, 0) is 24.3 Å². The molecule has 0 saturated heterocycles. The first-order chi connectivity index (χ1) is 8.11. The molecule has 0 spiro atoms. The molecule has 4 nitrogen and oxygen atoms in total. The van der Waals surface area contributed by atoms with Gasteiger partial charge in [0.05, 0.1) is 5.56 Å². The normalized spacial score (nSPS) is 10.1. The van der Waals surface area contributed by atoms with Crippen molar-refractivity contribution in [1.29, 1.82) is 0 Å². The first kappa shape index (κ1) is 11.0. The second-order valence-corrected chi connectivity index (χ2v) is 3.73. The zero-order valence-electron chi connectivity index (χ0n) is 9.18. The summed E-state index contributed by atoms with van der Waals surface area (Å²) in [5, 5.41) is 0. The summed E-state index contributed by atoms with van der Waals surface area (Å²) in [5.41, 5.74) is 19.2. The molecule has 0 amide bonds. The predicted molar refractivity (Wildman–Crippen MR) is 69.6 cm³/mol. The minimum Gasteiger partial charge on any atom is -0.398 e. The van der Waals surface area contributed by atoms with Crippen molar-refractivity contribution in [2.45, 2.75) is 0 Å². The van der Waals surface area contributed by atoms with Crippen LogP contribution in [0.1, 0.15) is 15.9 Å². The maximum Gasteiger partial charge on any atom is 0.199 e. The van der Waals surface area contributed by atoms with E-state index in [1.165, 1.54) is 0 Å². The molecule has 0 aliphatic carbocycles. The molecule has 0 saturated carbocycles. The lowest BCUT2D eigenvalue weighted by atomic mass is 9.99. The number of nitrogen functional groups attached to an aromatic ring is 3. The lowest BCUT2D eigenvalue weighted by Crippen LogP contribution is -2.10. The molecule has 2 aromatic rings. The quantitative estimate of drug-likeness (QED) is 0.537. The fourth-order valence-electron chi connectivity index (χ4n) is 1.69. The highest BCUT2D eigenvalue weighted by molar-refractivity contribution is 6.17. The minimum absolute atomic E-state index is 0.251. The number of rotatable bonds is 2. The lowest BCUT2D eigenvalue weighted by Gasteiger charge is -2.09. The smallest absolute Gasteiger partial charge is 0.199 e. The van der Waals surface area contributed by atoms with E-state index < -0.39 is 0 Å². The van der Waals surface area contributed by atoms with Gasteiger partial charge in [-0.2, -0.15) is 0 Å². The first-order valence-corrected chi connectivity index (χ1v) is 5.14. The molecule has 2 rings (SSSR count). The van der Waals surface area contributed by atoms with Crippen LogP contribution >= 0.6 is 0 Å². The Bertz CT molecular complexity index is 558. The van der Waals surface area contributed by atoms with Crippen LogP contribution in [0.15, 0.2) is 42.5 Å². The summed E-state index contributed by atoms with van der Waals surface area (Å²) in [4.78, 5) is 12.3. The number of carbonyl (C=O) groups is 1.